The highest BCUT2D eigenvalue weighted by molar-refractivity contribution is 5.76. The summed E-state index contributed by atoms with van der Waals surface area (Å²) in [5.41, 5.74) is 1.07. The third-order valence-corrected chi connectivity index (χ3v) is 5.30. The number of pyridine rings is 1. The van der Waals surface area contributed by atoms with E-state index in [-0.39, 0.29) is 5.91 Å². The minimum atomic E-state index is 0.134. The fraction of sp³-hybridized carbons (Fsp3) is 0.684. The van der Waals surface area contributed by atoms with E-state index in [0.717, 1.165) is 50.8 Å². The van der Waals surface area contributed by atoms with Crippen molar-refractivity contribution in [1.29, 1.82) is 0 Å². The normalized spacial score (nSPS) is 22.4. The van der Waals surface area contributed by atoms with Crippen LogP contribution in [-0.2, 0) is 16.1 Å². The van der Waals surface area contributed by atoms with E-state index in [1.165, 1.54) is 12.8 Å². The second-order valence-electron chi connectivity index (χ2n) is 7.15. The Kier molecular flexibility index (Phi) is 6.64. The van der Waals surface area contributed by atoms with Crippen molar-refractivity contribution in [2.24, 2.45) is 11.8 Å². The maximum atomic E-state index is 12.4. The third-order valence-electron chi connectivity index (χ3n) is 5.30. The zero-order chi connectivity index (χ0) is 17.5. The van der Waals surface area contributed by atoms with E-state index in [1.807, 2.05) is 18.3 Å². The number of ether oxygens (including phenoxy) is 1. The van der Waals surface area contributed by atoms with Crippen LogP contribution in [0, 0.1) is 11.8 Å². The number of rotatable bonds is 6. The molecule has 1 amide bonds. The number of hydrogen-bond donors (Lipinski definition) is 2. The predicted octanol–water partition coefficient (Wildman–Crippen LogP) is 1.56. The molecular weight excluding hydrogens is 316 g/mol. The molecule has 2 fully saturated rings. The van der Waals surface area contributed by atoms with Gasteiger partial charge in [0.05, 0.1) is 13.2 Å². The van der Waals surface area contributed by atoms with Crippen molar-refractivity contribution < 1.29 is 9.53 Å². The van der Waals surface area contributed by atoms with Gasteiger partial charge in [-0.1, -0.05) is 13.0 Å². The van der Waals surface area contributed by atoms with Gasteiger partial charge in [-0.15, -0.1) is 0 Å². The standard InChI is InChI=1S/C19H30N4O2/c1-15(16-4-2-6-20-13-16)12-18(24)22-14-17-5-3-7-21-19(17)23-8-10-25-11-9-23/h3,5,7,15-16,20H,2,4,6,8-14H2,1H3,(H,22,24). The number of carbonyl (C=O) groups excluding carboxylic acids is 1. The van der Waals surface area contributed by atoms with Crippen LogP contribution in [0.5, 0.6) is 0 Å². The van der Waals surface area contributed by atoms with Crippen LogP contribution in [-0.4, -0.2) is 50.3 Å². The Hall–Kier alpha value is -1.66. The van der Waals surface area contributed by atoms with E-state index in [4.69, 9.17) is 4.74 Å². The van der Waals surface area contributed by atoms with Gasteiger partial charge in [0.15, 0.2) is 0 Å². The first-order valence-corrected chi connectivity index (χ1v) is 9.48. The molecule has 1 aromatic heterocycles. The van der Waals surface area contributed by atoms with Gasteiger partial charge in [-0.25, -0.2) is 4.98 Å². The average molecular weight is 346 g/mol. The molecule has 3 heterocycles. The molecule has 2 N–H and O–H groups in total. The Morgan fingerprint density at radius 1 is 1.48 bits per heavy atom. The van der Waals surface area contributed by atoms with Gasteiger partial charge in [-0.05, 0) is 43.8 Å². The van der Waals surface area contributed by atoms with Crippen molar-refractivity contribution in [3.8, 4) is 0 Å². The molecule has 2 aliphatic rings. The minimum absolute atomic E-state index is 0.134. The molecule has 0 saturated carbocycles. The number of carbonyl (C=O) groups is 1. The Morgan fingerprint density at radius 2 is 2.32 bits per heavy atom. The van der Waals surface area contributed by atoms with Gasteiger partial charge in [0.25, 0.3) is 0 Å². The van der Waals surface area contributed by atoms with Crippen molar-refractivity contribution in [2.75, 3.05) is 44.3 Å². The summed E-state index contributed by atoms with van der Waals surface area (Å²) in [4.78, 5) is 19.1. The quantitative estimate of drug-likeness (QED) is 0.818. The van der Waals surface area contributed by atoms with Crippen molar-refractivity contribution in [3.63, 3.8) is 0 Å². The van der Waals surface area contributed by atoms with E-state index in [2.05, 4.69) is 27.4 Å². The summed E-state index contributed by atoms with van der Waals surface area (Å²) in [7, 11) is 0. The molecule has 0 radical (unpaired) electrons. The lowest BCUT2D eigenvalue weighted by atomic mass is 9.85. The lowest BCUT2D eigenvalue weighted by molar-refractivity contribution is -0.122. The van der Waals surface area contributed by atoms with E-state index in [0.29, 0.717) is 24.8 Å². The van der Waals surface area contributed by atoms with Gasteiger partial charge in [-0.2, -0.15) is 0 Å². The van der Waals surface area contributed by atoms with E-state index >= 15 is 0 Å². The fourth-order valence-electron chi connectivity index (χ4n) is 3.72. The Balaban J connectivity index is 1.51. The van der Waals surface area contributed by atoms with Crippen LogP contribution in [0.25, 0.3) is 0 Å². The van der Waals surface area contributed by atoms with Gasteiger partial charge in [-0.3, -0.25) is 4.79 Å². The molecule has 0 spiro atoms. The lowest BCUT2D eigenvalue weighted by Gasteiger charge is -2.29. The number of piperidine rings is 1. The van der Waals surface area contributed by atoms with Crippen LogP contribution < -0.4 is 15.5 Å². The van der Waals surface area contributed by atoms with Gasteiger partial charge in [0.2, 0.25) is 5.91 Å². The molecule has 3 rings (SSSR count). The van der Waals surface area contributed by atoms with E-state index in [9.17, 15) is 4.79 Å². The molecule has 2 saturated heterocycles. The number of nitrogens with zero attached hydrogens (tertiary/aromatic N) is 2. The first kappa shape index (κ1) is 18.1. The molecule has 1 aromatic rings. The highest BCUT2D eigenvalue weighted by Crippen LogP contribution is 2.23. The molecule has 2 unspecified atom stereocenters. The third kappa shape index (κ3) is 5.16. The van der Waals surface area contributed by atoms with Crippen molar-refractivity contribution in [2.45, 2.75) is 32.7 Å². The summed E-state index contributed by atoms with van der Waals surface area (Å²) in [5.74, 6) is 2.13. The van der Waals surface area contributed by atoms with Gasteiger partial charge < -0.3 is 20.3 Å². The number of amides is 1. The second kappa shape index (κ2) is 9.15. The Bertz CT molecular complexity index is 554. The minimum Gasteiger partial charge on any atom is -0.378 e. The van der Waals surface area contributed by atoms with Crippen LogP contribution in [0.3, 0.4) is 0 Å². The van der Waals surface area contributed by atoms with Gasteiger partial charge in [0.1, 0.15) is 5.82 Å². The number of morpholine rings is 1. The molecular formula is C19H30N4O2. The largest absolute Gasteiger partial charge is 0.378 e. The summed E-state index contributed by atoms with van der Waals surface area (Å²) in [5, 5.41) is 6.53. The Labute approximate surface area is 150 Å². The van der Waals surface area contributed by atoms with Crippen LogP contribution in [0.4, 0.5) is 5.82 Å². The maximum Gasteiger partial charge on any atom is 0.220 e. The number of aromatic nitrogens is 1. The smallest absolute Gasteiger partial charge is 0.220 e. The monoisotopic (exact) mass is 346 g/mol. The zero-order valence-electron chi connectivity index (χ0n) is 15.2. The molecule has 6 nitrogen and oxygen atoms in total. The van der Waals surface area contributed by atoms with Gasteiger partial charge in [0, 0.05) is 37.8 Å². The van der Waals surface area contributed by atoms with Crippen molar-refractivity contribution in [3.05, 3.63) is 23.9 Å². The molecule has 0 aromatic carbocycles. The van der Waals surface area contributed by atoms with Crippen LogP contribution >= 0.6 is 0 Å². The van der Waals surface area contributed by atoms with E-state index < -0.39 is 0 Å². The summed E-state index contributed by atoms with van der Waals surface area (Å²) in [6.07, 6.45) is 4.86. The summed E-state index contributed by atoms with van der Waals surface area (Å²) in [6, 6.07) is 3.98. The predicted molar refractivity (Wildman–Crippen MR) is 98.5 cm³/mol. The second-order valence-corrected chi connectivity index (χ2v) is 7.15. The first-order chi connectivity index (χ1) is 12.2. The molecule has 138 valence electrons. The average Bonchev–Trinajstić information content (AvgIpc) is 2.68. The molecule has 2 aliphatic heterocycles. The Morgan fingerprint density at radius 3 is 3.08 bits per heavy atom. The van der Waals surface area contributed by atoms with Crippen molar-refractivity contribution in [1.82, 2.24) is 15.6 Å². The van der Waals surface area contributed by atoms with E-state index in [1.54, 1.807) is 0 Å². The van der Waals surface area contributed by atoms with Crippen molar-refractivity contribution >= 4 is 11.7 Å². The maximum absolute atomic E-state index is 12.4. The zero-order valence-corrected chi connectivity index (χ0v) is 15.2. The molecule has 25 heavy (non-hydrogen) atoms. The van der Waals surface area contributed by atoms with Gasteiger partial charge >= 0.3 is 0 Å². The molecule has 0 aliphatic carbocycles. The number of anilines is 1. The molecule has 0 bridgehead atoms. The van der Waals surface area contributed by atoms with Crippen LogP contribution in [0.2, 0.25) is 0 Å². The van der Waals surface area contributed by atoms with Crippen LogP contribution in [0.1, 0.15) is 31.7 Å². The van der Waals surface area contributed by atoms with Crippen LogP contribution in [0.15, 0.2) is 18.3 Å². The fourth-order valence-corrected chi connectivity index (χ4v) is 3.72. The lowest BCUT2D eigenvalue weighted by Crippen LogP contribution is -2.38. The summed E-state index contributed by atoms with van der Waals surface area (Å²) >= 11 is 0. The summed E-state index contributed by atoms with van der Waals surface area (Å²) < 4.78 is 5.42. The number of nitrogens with one attached hydrogen (secondary N) is 2. The topological polar surface area (TPSA) is 66.5 Å². The summed E-state index contributed by atoms with van der Waals surface area (Å²) in [6.45, 7) is 8.05. The molecule has 2 atom stereocenters. The highest BCUT2D eigenvalue weighted by Gasteiger charge is 2.22. The first-order valence-electron chi connectivity index (χ1n) is 9.48. The number of hydrogen-bond acceptors (Lipinski definition) is 5. The SMILES string of the molecule is CC(CC(=O)NCc1cccnc1N1CCOCC1)C1CCCNC1. The highest BCUT2D eigenvalue weighted by atomic mass is 16.5. The molecule has 6 heteroatoms.